The van der Waals surface area contributed by atoms with Gasteiger partial charge in [-0.25, -0.2) is 4.98 Å². The number of nitrogens with one attached hydrogen (secondary N) is 2. The van der Waals surface area contributed by atoms with Gasteiger partial charge in [0, 0.05) is 57.7 Å². The second kappa shape index (κ2) is 10.0. The molecule has 2 rings (SSSR count). The smallest absolute Gasteiger partial charge is 0.191 e. The number of likely N-dealkylation sites (tertiary alicyclic amines) is 1. The van der Waals surface area contributed by atoms with Crippen molar-refractivity contribution in [3.8, 4) is 0 Å². The summed E-state index contributed by atoms with van der Waals surface area (Å²) in [6, 6.07) is 1.18. The molecule has 0 spiro atoms. The maximum atomic E-state index is 4.31. The van der Waals surface area contributed by atoms with Crippen LogP contribution in [-0.2, 0) is 6.54 Å². The summed E-state index contributed by atoms with van der Waals surface area (Å²) in [5.41, 5.74) is 0. The minimum atomic E-state index is 0. The highest BCUT2D eigenvalue weighted by Crippen LogP contribution is 2.12. The third-order valence-electron chi connectivity index (χ3n) is 4.05. The van der Waals surface area contributed by atoms with Crippen molar-refractivity contribution in [1.29, 1.82) is 0 Å². The Balaban J connectivity index is 0.00000242. The third-order valence-corrected chi connectivity index (χ3v) is 4.05. The maximum absolute atomic E-state index is 4.31. The highest BCUT2D eigenvalue weighted by molar-refractivity contribution is 14.0. The van der Waals surface area contributed by atoms with Crippen LogP contribution < -0.4 is 10.6 Å². The largest absolute Gasteiger partial charge is 0.355 e. The molecule has 1 saturated heterocycles. The average molecular weight is 420 g/mol. The summed E-state index contributed by atoms with van der Waals surface area (Å²) in [4.78, 5) is 10.9. The van der Waals surface area contributed by atoms with Crippen LogP contribution >= 0.6 is 24.0 Å². The van der Waals surface area contributed by atoms with Crippen molar-refractivity contribution in [1.82, 2.24) is 25.1 Å². The first-order chi connectivity index (χ1) is 10.2. The van der Waals surface area contributed by atoms with Crippen LogP contribution in [0.2, 0.25) is 0 Å². The molecule has 2 N–H and O–H groups in total. The predicted molar refractivity (Wildman–Crippen MR) is 102 cm³/mol. The first-order valence-electron chi connectivity index (χ1n) is 7.86. The summed E-state index contributed by atoms with van der Waals surface area (Å²) >= 11 is 0. The first-order valence-corrected chi connectivity index (χ1v) is 7.86. The van der Waals surface area contributed by atoms with Gasteiger partial charge in [0.05, 0.1) is 6.33 Å². The summed E-state index contributed by atoms with van der Waals surface area (Å²) in [5.74, 6) is 0.901. The van der Waals surface area contributed by atoms with E-state index in [0.29, 0.717) is 12.1 Å². The van der Waals surface area contributed by atoms with E-state index in [2.05, 4.69) is 43.9 Å². The van der Waals surface area contributed by atoms with E-state index in [4.69, 9.17) is 0 Å². The Morgan fingerprint density at radius 2 is 2.09 bits per heavy atom. The summed E-state index contributed by atoms with van der Waals surface area (Å²) < 4.78 is 2.06. The van der Waals surface area contributed by atoms with Gasteiger partial charge in [-0.2, -0.15) is 0 Å². The lowest BCUT2D eigenvalue weighted by Crippen LogP contribution is -2.50. The van der Waals surface area contributed by atoms with Crippen LogP contribution in [0.5, 0.6) is 0 Å². The molecular formula is C15H29IN6. The number of aromatic nitrogens is 2. The van der Waals surface area contributed by atoms with Crippen molar-refractivity contribution < 1.29 is 0 Å². The SMILES string of the molecule is CN=C(NCCn1ccnc1)NC1CCN(C(C)C)CC1.I. The lowest BCUT2D eigenvalue weighted by atomic mass is 10.0. The quantitative estimate of drug-likeness (QED) is 0.431. The van der Waals surface area contributed by atoms with Crippen LogP contribution in [-0.4, -0.2) is 59.2 Å². The molecule has 0 bridgehead atoms. The zero-order chi connectivity index (χ0) is 15.1. The molecule has 7 heteroatoms. The molecule has 0 aliphatic carbocycles. The van der Waals surface area contributed by atoms with E-state index in [1.54, 1.807) is 6.20 Å². The number of imidazole rings is 1. The topological polar surface area (TPSA) is 57.5 Å². The summed E-state index contributed by atoms with van der Waals surface area (Å²) in [6.07, 6.45) is 7.97. The standard InChI is InChI=1S/C15H28N6.HI/c1-13(2)21-8-4-14(5-9-21)19-15(16-3)18-7-11-20-10-6-17-12-20;/h6,10,12-14H,4-5,7-9,11H2,1-3H3,(H2,16,18,19);1H. The second-order valence-corrected chi connectivity index (χ2v) is 5.85. The Hall–Kier alpha value is -0.830. The number of hydrogen-bond acceptors (Lipinski definition) is 3. The number of halogens is 1. The summed E-state index contributed by atoms with van der Waals surface area (Å²) in [6.45, 7) is 8.62. The molecule has 1 aliphatic rings. The molecule has 1 aromatic rings. The lowest BCUT2D eigenvalue weighted by Gasteiger charge is -2.35. The van der Waals surface area contributed by atoms with Gasteiger partial charge >= 0.3 is 0 Å². The minimum Gasteiger partial charge on any atom is -0.355 e. The van der Waals surface area contributed by atoms with E-state index in [9.17, 15) is 0 Å². The summed E-state index contributed by atoms with van der Waals surface area (Å²) in [7, 11) is 1.83. The van der Waals surface area contributed by atoms with Crippen molar-refractivity contribution in [3.05, 3.63) is 18.7 Å². The molecule has 6 nitrogen and oxygen atoms in total. The van der Waals surface area contributed by atoms with Gasteiger partial charge in [-0.1, -0.05) is 0 Å². The number of rotatable bonds is 5. The zero-order valence-electron chi connectivity index (χ0n) is 13.8. The van der Waals surface area contributed by atoms with Crippen molar-refractivity contribution >= 4 is 29.9 Å². The Labute approximate surface area is 150 Å². The molecule has 0 aromatic carbocycles. The number of hydrogen-bond donors (Lipinski definition) is 2. The fraction of sp³-hybridized carbons (Fsp3) is 0.733. The van der Waals surface area contributed by atoms with Gasteiger partial charge in [0.2, 0.25) is 0 Å². The van der Waals surface area contributed by atoms with Crippen molar-refractivity contribution in [2.24, 2.45) is 4.99 Å². The van der Waals surface area contributed by atoms with E-state index in [1.807, 2.05) is 19.6 Å². The van der Waals surface area contributed by atoms with Gasteiger partial charge in [0.15, 0.2) is 5.96 Å². The lowest BCUT2D eigenvalue weighted by molar-refractivity contribution is 0.167. The highest BCUT2D eigenvalue weighted by atomic mass is 127. The van der Waals surface area contributed by atoms with Crippen molar-refractivity contribution in [2.45, 2.75) is 45.3 Å². The molecule has 0 atom stereocenters. The second-order valence-electron chi connectivity index (χ2n) is 5.85. The van der Waals surface area contributed by atoms with Gasteiger partial charge in [0.25, 0.3) is 0 Å². The fourth-order valence-electron chi connectivity index (χ4n) is 2.67. The number of guanidine groups is 1. The number of nitrogens with zero attached hydrogens (tertiary/aromatic N) is 4. The first kappa shape index (κ1) is 19.2. The Kier molecular flexibility index (Phi) is 8.77. The van der Waals surface area contributed by atoms with Crippen LogP contribution in [0.25, 0.3) is 0 Å². The predicted octanol–water partition coefficient (Wildman–Crippen LogP) is 1.54. The van der Waals surface area contributed by atoms with Crippen LogP contribution in [0.15, 0.2) is 23.7 Å². The molecule has 2 heterocycles. The van der Waals surface area contributed by atoms with Crippen molar-refractivity contribution in [2.75, 3.05) is 26.7 Å². The molecule has 1 aliphatic heterocycles. The van der Waals surface area contributed by atoms with Gasteiger partial charge in [0.1, 0.15) is 0 Å². The molecule has 1 fully saturated rings. The van der Waals surface area contributed by atoms with Crippen molar-refractivity contribution in [3.63, 3.8) is 0 Å². The molecule has 0 radical (unpaired) electrons. The van der Waals surface area contributed by atoms with Gasteiger partial charge in [-0.3, -0.25) is 4.99 Å². The van der Waals surface area contributed by atoms with E-state index in [-0.39, 0.29) is 24.0 Å². The normalized spacial score (nSPS) is 17.4. The van der Waals surface area contributed by atoms with E-state index >= 15 is 0 Å². The van der Waals surface area contributed by atoms with E-state index in [1.165, 1.54) is 25.9 Å². The maximum Gasteiger partial charge on any atom is 0.191 e. The third kappa shape index (κ3) is 6.12. The molecule has 0 amide bonds. The molecule has 22 heavy (non-hydrogen) atoms. The summed E-state index contributed by atoms with van der Waals surface area (Å²) in [5, 5.41) is 6.90. The molecule has 0 unspecified atom stereocenters. The van der Waals surface area contributed by atoms with Gasteiger partial charge < -0.3 is 20.1 Å². The highest BCUT2D eigenvalue weighted by Gasteiger charge is 2.21. The van der Waals surface area contributed by atoms with E-state index < -0.39 is 0 Å². The van der Waals surface area contributed by atoms with E-state index in [0.717, 1.165) is 19.0 Å². The van der Waals surface area contributed by atoms with Gasteiger partial charge in [-0.15, -0.1) is 24.0 Å². The minimum absolute atomic E-state index is 0. The van der Waals surface area contributed by atoms with Crippen LogP contribution in [0, 0.1) is 0 Å². The number of aliphatic imine (C=N–C) groups is 1. The van der Waals surface area contributed by atoms with Crippen LogP contribution in [0.3, 0.4) is 0 Å². The molecule has 0 saturated carbocycles. The average Bonchev–Trinajstić information content (AvgIpc) is 3.00. The molecular weight excluding hydrogens is 391 g/mol. The van der Waals surface area contributed by atoms with Crippen LogP contribution in [0.1, 0.15) is 26.7 Å². The monoisotopic (exact) mass is 420 g/mol. The Bertz CT molecular complexity index is 423. The molecule has 126 valence electrons. The fourth-order valence-corrected chi connectivity index (χ4v) is 2.67. The Morgan fingerprint density at radius 1 is 1.36 bits per heavy atom. The Morgan fingerprint density at radius 3 is 2.64 bits per heavy atom. The zero-order valence-corrected chi connectivity index (χ0v) is 16.2. The van der Waals surface area contributed by atoms with Gasteiger partial charge in [-0.05, 0) is 26.7 Å². The number of piperidine rings is 1. The molecule has 1 aromatic heterocycles. The van der Waals surface area contributed by atoms with Crippen LogP contribution in [0.4, 0.5) is 0 Å².